The van der Waals surface area contributed by atoms with Gasteiger partial charge >= 0.3 is 0 Å². The highest BCUT2D eigenvalue weighted by atomic mass is 15.3. The topological polar surface area (TPSA) is 32.3 Å². The maximum atomic E-state index is 4.23. The lowest BCUT2D eigenvalue weighted by atomic mass is 9.77. The number of aromatic nitrogens is 2. The summed E-state index contributed by atoms with van der Waals surface area (Å²) in [6, 6.07) is 4.48. The third kappa shape index (κ3) is 2.73. The highest BCUT2D eigenvalue weighted by Crippen LogP contribution is 2.39. The Morgan fingerprint density at radius 3 is 2.26 bits per heavy atom. The van der Waals surface area contributed by atoms with Gasteiger partial charge in [-0.3, -0.25) is 4.90 Å². The summed E-state index contributed by atoms with van der Waals surface area (Å²) in [6.07, 6.45) is 4.00. The molecule has 0 amide bonds. The molecule has 0 unspecified atom stereocenters. The van der Waals surface area contributed by atoms with Crippen LogP contribution in [0.3, 0.4) is 0 Å². The van der Waals surface area contributed by atoms with Gasteiger partial charge in [0.25, 0.3) is 0 Å². The lowest BCUT2D eigenvalue weighted by Crippen LogP contribution is -2.62. The number of piperidine rings is 1. The van der Waals surface area contributed by atoms with Crippen molar-refractivity contribution in [3.63, 3.8) is 0 Å². The summed E-state index contributed by atoms with van der Waals surface area (Å²) in [5.74, 6) is 0.962. The zero-order valence-corrected chi connectivity index (χ0v) is 13.0. The van der Waals surface area contributed by atoms with Crippen LogP contribution in [0.25, 0.3) is 0 Å². The minimum atomic E-state index is 0.197. The van der Waals surface area contributed by atoms with Crippen molar-refractivity contribution in [3.8, 4) is 0 Å². The van der Waals surface area contributed by atoms with Crippen LogP contribution in [0.5, 0.6) is 0 Å². The number of anilines is 1. The van der Waals surface area contributed by atoms with E-state index in [-0.39, 0.29) is 11.1 Å². The van der Waals surface area contributed by atoms with Crippen molar-refractivity contribution in [1.29, 1.82) is 0 Å². The average molecular weight is 262 g/mol. The summed E-state index contributed by atoms with van der Waals surface area (Å²) in [6.45, 7) is 9.30. The quantitative estimate of drug-likeness (QED) is 0.820. The Morgan fingerprint density at radius 1 is 1.21 bits per heavy atom. The van der Waals surface area contributed by atoms with Gasteiger partial charge in [0.05, 0.1) is 0 Å². The van der Waals surface area contributed by atoms with Crippen LogP contribution in [0, 0.1) is 0 Å². The molecule has 4 heteroatoms. The third-order valence-electron chi connectivity index (χ3n) is 4.75. The van der Waals surface area contributed by atoms with E-state index in [9.17, 15) is 0 Å². The normalized spacial score (nSPS) is 23.3. The molecular formula is C15H26N4. The van der Waals surface area contributed by atoms with E-state index in [4.69, 9.17) is 0 Å². The van der Waals surface area contributed by atoms with Crippen molar-refractivity contribution in [3.05, 3.63) is 18.3 Å². The lowest BCUT2D eigenvalue weighted by Gasteiger charge is -2.55. The van der Waals surface area contributed by atoms with Crippen molar-refractivity contribution in [1.82, 2.24) is 15.1 Å². The first-order chi connectivity index (χ1) is 8.74. The monoisotopic (exact) mass is 262 g/mol. The molecule has 1 saturated heterocycles. The zero-order valence-electron chi connectivity index (χ0n) is 13.0. The summed E-state index contributed by atoms with van der Waals surface area (Å²) in [5.41, 5.74) is 0.395. The molecule has 0 bridgehead atoms. The van der Waals surface area contributed by atoms with Gasteiger partial charge in [-0.05, 0) is 59.7 Å². The second-order valence-electron chi connectivity index (χ2n) is 6.94. The minimum absolute atomic E-state index is 0.197. The number of nitrogens with zero attached hydrogens (tertiary/aromatic N) is 4. The first-order valence-corrected chi connectivity index (χ1v) is 6.98. The van der Waals surface area contributed by atoms with E-state index in [0.717, 1.165) is 18.7 Å². The van der Waals surface area contributed by atoms with Crippen LogP contribution >= 0.6 is 0 Å². The van der Waals surface area contributed by atoms with Crippen LogP contribution in [0.4, 0.5) is 5.82 Å². The second-order valence-corrected chi connectivity index (χ2v) is 6.94. The SMILES string of the molecule is CN(c1cccnn1)C1CC(C)(C)N(C)C(C)(C)C1. The van der Waals surface area contributed by atoms with Crippen LogP contribution in [-0.2, 0) is 0 Å². The highest BCUT2D eigenvalue weighted by Gasteiger charge is 2.44. The van der Waals surface area contributed by atoms with Gasteiger partial charge in [-0.25, -0.2) is 0 Å². The molecule has 1 aromatic rings. The van der Waals surface area contributed by atoms with Crippen LogP contribution in [0.2, 0.25) is 0 Å². The molecule has 2 rings (SSSR count). The molecule has 106 valence electrons. The largest absolute Gasteiger partial charge is 0.355 e. The molecule has 1 aliphatic heterocycles. The Morgan fingerprint density at radius 2 is 1.79 bits per heavy atom. The number of likely N-dealkylation sites (tertiary alicyclic amines) is 1. The van der Waals surface area contributed by atoms with Crippen molar-refractivity contribution < 1.29 is 0 Å². The Labute approximate surface area is 116 Å². The Kier molecular flexibility index (Phi) is 3.56. The van der Waals surface area contributed by atoms with Gasteiger partial charge in [0, 0.05) is 30.4 Å². The van der Waals surface area contributed by atoms with Gasteiger partial charge in [-0.2, -0.15) is 5.10 Å². The predicted molar refractivity (Wildman–Crippen MR) is 79.4 cm³/mol. The van der Waals surface area contributed by atoms with Crippen LogP contribution in [0.15, 0.2) is 18.3 Å². The van der Waals surface area contributed by atoms with Gasteiger partial charge < -0.3 is 4.90 Å². The molecule has 0 N–H and O–H groups in total. The lowest BCUT2D eigenvalue weighted by molar-refractivity contribution is -0.0120. The molecule has 4 nitrogen and oxygen atoms in total. The maximum Gasteiger partial charge on any atom is 0.151 e. The van der Waals surface area contributed by atoms with E-state index in [2.05, 4.69) is 61.8 Å². The van der Waals surface area contributed by atoms with E-state index >= 15 is 0 Å². The highest BCUT2D eigenvalue weighted by molar-refractivity contribution is 5.37. The molecule has 0 aliphatic carbocycles. The predicted octanol–water partition coefficient (Wildman–Crippen LogP) is 2.56. The van der Waals surface area contributed by atoms with Crippen molar-refractivity contribution >= 4 is 5.82 Å². The maximum absolute atomic E-state index is 4.23. The summed E-state index contributed by atoms with van der Waals surface area (Å²) in [4.78, 5) is 4.78. The van der Waals surface area contributed by atoms with Gasteiger partial charge in [0.2, 0.25) is 0 Å². The molecule has 0 spiro atoms. The first kappa shape index (κ1) is 14.3. The molecule has 2 heterocycles. The fourth-order valence-corrected chi connectivity index (χ4v) is 3.26. The van der Waals surface area contributed by atoms with Crippen LogP contribution in [-0.4, -0.2) is 46.3 Å². The molecule has 19 heavy (non-hydrogen) atoms. The van der Waals surface area contributed by atoms with Gasteiger partial charge in [0.15, 0.2) is 5.82 Å². The first-order valence-electron chi connectivity index (χ1n) is 6.98. The number of hydrogen-bond acceptors (Lipinski definition) is 4. The van der Waals surface area contributed by atoms with E-state index in [1.807, 2.05) is 12.1 Å². The number of rotatable bonds is 2. The molecule has 0 radical (unpaired) electrons. The van der Waals surface area contributed by atoms with E-state index in [1.165, 1.54) is 0 Å². The summed E-state index contributed by atoms with van der Waals surface area (Å²) >= 11 is 0. The minimum Gasteiger partial charge on any atom is -0.355 e. The van der Waals surface area contributed by atoms with Crippen molar-refractivity contribution in [2.75, 3.05) is 19.0 Å². The Bertz CT molecular complexity index is 409. The average Bonchev–Trinajstić information content (AvgIpc) is 2.35. The van der Waals surface area contributed by atoms with E-state index < -0.39 is 0 Å². The summed E-state index contributed by atoms with van der Waals surface area (Å²) < 4.78 is 0. The standard InChI is InChI=1S/C15H26N4/c1-14(2)10-12(11-15(3,4)19(14)6)18(5)13-8-7-9-16-17-13/h7-9,12H,10-11H2,1-6H3. The van der Waals surface area contributed by atoms with E-state index in [1.54, 1.807) is 6.20 Å². The van der Waals surface area contributed by atoms with E-state index in [0.29, 0.717) is 6.04 Å². The van der Waals surface area contributed by atoms with Gasteiger partial charge in [0.1, 0.15) is 0 Å². The fraction of sp³-hybridized carbons (Fsp3) is 0.733. The molecular weight excluding hydrogens is 236 g/mol. The third-order valence-corrected chi connectivity index (χ3v) is 4.75. The molecule has 0 atom stereocenters. The van der Waals surface area contributed by atoms with Gasteiger partial charge in [-0.15, -0.1) is 5.10 Å². The Balaban J connectivity index is 2.22. The zero-order chi connectivity index (χ0) is 14.3. The summed E-state index contributed by atoms with van der Waals surface area (Å²) in [5, 5.41) is 8.22. The van der Waals surface area contributed by atoms with Crippen LogP contribution < -0.4 is 4.90 Å². The molecule has 1 fully saturated rings. The Hall–Kier alpha value is -1.16. The van der Waals surface area contributed by atoms with Crippen molar-refractivity contribution in [2.45, 2.75) is 57.7 Å². The van der Waals surface area contributed by atoms with Gasteiger partial charge in [-0.1, -0.05) is 0 Å². The molecule has 0 aromatic carbocycles. The smallest absolute Gasteiger partial charge is 0.151 e. The summed E-state index contributed by atoms with van der Waals surface area (Å²) in [7, 11) is 4.37. The van der Waals surface area contributed by atoms with Crippen LogP contribution in [0.1, 0.15) is 40.5 Å². The molecule has 0 saturated carbocycles. The number of hydrogen-bond donors (Lipinski definition) is 0. The fourth-order valence-electron chi connectivity index (χ4n) is 3.26. The molecule has 1 aromatic heterocycles. The molecule has 1 aliphatic rings. The second kappa shape index (κ2) is 4.75. The van der Waals surface area contributed by atoms with Crippen molar-refractivity contribution in [2.24, 2.45) is 0 Å².